The van der Waals surface area contributed by atoms with Gasteiger partial charge in [0, 0.05) is 17.1 Å². The summed E-state index contributed by atoms with van der Waals surface area (Å²) in [6, 6.07) is 6.47. The number of carbonyl (C=O) groups is 2. The predicted molar refractivity (Wildman–Crippen MR) is 145 cm³/mol. The van der Waals surface area contributed by atoms with E-state index in [1.807, 2.05) is 6.07 Å². The molecule has 0 atom stereocenters. The number of esters is 2. The smallest absolute Gasteiger partial charge is 0.339 e. The van der Waals surface area contributed by atoms with Crippen LogP contribution < -0.4 is 4.74 Å². The van der Waals surface area contributed by atoms with E-state index in [4.69, 9.17) is 9.47 Å². The van der Waals surface area contributed by atoms with Crippen molar-refractivity contribution < 1.29 is 32.0 Å². The fourth-order valence-corrected chi connectivity index (χ4v) is 6.09. The molecule has 0 aliphatic carbocycles. The molecule has 0 radical (unpaired) electrons. The number of benzene rings is 2. The fourth-order valence-electron chi connectivity index (χ4n) is 2.80. The topological polar surface area (TPSA) is 107 Å². The van der Waals surface area contributed by atoms with Crippen molar-refractivity contribution in [2.24, 2.45) is 0 Å². The minimum absolute atomic E-state index is 0.0186. The minimum atomic E-state index is -4.39. The molecule has 0 aliphatic rings. The second kappa shape index (κ2) is 11.8. The average Bonchev–Trinajstić information content (AvgIpc) is 2.68. The Bertz CT molecular complexity index is 1140. The van der Waals surface area contributed by atoms with Gasteiger partial charge >= 0.3 is 11.9 Å². The maximum atomic E-state index is 12.3. The number of hydrogen-bond acceptors (Lipinski definition) is 6. The van der Waals surface area contributed by atoms with Crippen LogP contribution in [0.25, 0.3) is 0 Å². The molecule has 174 valence electrons. The first-order valence-electron chi connectivity index (χ1n) is 9.45. The fraction of sp³-hybridized carbons (Fsp3) is 0.333. The van der Waals surface area contributed by atoms with Gasteiger partial charge in [0.25, 0.3) is 10.1 Å². The maximum absolute atomic E-state index is 12.3. The first-order chi connectivity index (χ1) is 14.8. The summed E-state index contributed by atoms with van der Waals surface area (Å²) in [5, 5.41) is 0. The van der Waals surface area contributed by atoms with Gasteiger partial charge < -0.3 is 9.47 Å². The second-order valence-electron chi connectivity index (χ2n) is 7.25. The first-order valence-corrected chi connectivity index (χ1v) is 14.1. The highest BCUT2D eigenvalue weighted by Gasteiger charge is 2.21. The monoisotopic (exact) mass is 798 g/mol. The largest absolute Gasteiger partial charge is 0.462 e. The minimum Gasteiger partial charge on any atom is -0.462 e. The quantitative estimate of drug-likeness (QED) is 0.0910. The average molecular weight is 798 g/mol. The Kier molecular flexibility index (Phi) is 10.2. The van der Waals surface area contributed by atoms with E-state index in [-0.39, 0.29) is 36.0 Å². The van der Waals surface area contributed by atoms with E-state index in [2.05, 4.69) is 67.8 Å². The van der Waals surface area contributed by atoms with Gasteiger partial charge in [0.15, 0.2) is 0 Å². The number of carbonyl (C=O) groups excluding carboxylic acids is 2. The zero-order chi connectivity index (χ0) is 24.2. The molecule has 0 saturated heterocycles. The molecule has 0 saturated carbocycles. The standard InChI is InChI=1S/C21H21I3O7S/c1-11(2)14-10-17(12(3)7-18(14)32(27,28)29)31-19(25)5-4-6-30-21(26)15-8-13(22)9-16(23)20(15)24/h7-11H,4-6H2,1-3H3,(H,27,28,29). The van der Waals surface area contributed by atoms with Crippen molar-refractivity contribution in [2.45, 2.75) is 44.4 Å². The lowest BCUT2D eigenvalue weighted by atomic mass is 10.0. The molecule has 0 amide bonds. The van der Waals surface area contributed by atoms with Crippen LogP contribution >= 0.6 is 67.8 Å². The van der Waals surface area contributed by atoms with Crippen LogP contribution in [-0.4, -0.2) is 31.5 Å². The molecule has 11 heteroatoms. The van der Waals surface area contributed by atoms with Crippen LogP contribution in [0.2, 0.25) is 0 Å². The highest BCUT2D eigenvalue weighted by molar-refractivity contribution is 14.1. The van der Waals surface area contributed by atoms with Gasteiger partial charge in [-0.05, 0) is 122 Å². The molecule has 7 nitrogen and oxygen atoms in total. The SMILES string of the molecule is Cc1cc(S(=O)(=O)O)c(C(C)C)cc1OC(=O)CCCOC(=O)c1cc(I)cc(I)c1I. The van der Waals surface area contributed by atoms with Crippen LogP contribution in [0.15, 0.2) is 29.2 Å². The summed E-state index contributed by atoms with van der Waals surface area (Å²) in [5.41, 5.74) is 1.25. The normalized spacial score (nSPS) is 11.5. The summed E-state index contributed by atoms with van der Waals surface area (Å²) < 4.78 is 46.1. The van der Waals surface area contributed by atoms with Gasteiger partial charge in [-0.15, -0.1) is 0 Å². The Balaban J connectivity index is 1.98. The van der Waals surface area contributed by atoms with Crippen LogP contribution in [0, 0.1) is 17.6 Å². The second-order valence-corrected chi connectivity index (χ2v) is 12.1. The van der Waals surface area contributed by atoms with Gasteiger partial charge in [-0.2, -0.15) is 8.42 Å². The number of halogens is 3. The molecular weight excluding hydrogens is 777 g/mol. The van der Waals surface area contributed by atoms with E-state index in [9.17, 15) is 22.6 Å². The van der Waals surface area contributed by atoms with E-state index < -0.39 is 22.1 Å². The van der Waals surface area contributed by atoms with Crippen molar-refractivity contribution in [2.75, 3.05) is 6.61 Å². The molecule has 0 fully saturated rings. The third-order valence-electron chi connectivity index (χ3n) is 4.40. The summed E-state index contributed by atoms with van der Waals surface area (Å²) in [6.45, 7) is 5.20. The first kappa shape index (κ1) is 27.7. The maximum Gasteiger partial charge on any atom is 0.339 e. The lowest BCUT2D eigenvalue weighted by Crippen LogP contribution is -2.14. The third kappa shape index (κ3) is 7.50. The molecule has 0 spiro atoms. The van der Waals surface area contributed by atoms with Crippen molar-refractivity contribution in [3.05, 3.63) is 51.7 Å². The van der Waals surface area contributed by atoms with Crippen molar-refractivity contribution in [3.63, 3.8) is 0 Å². The Morgan fingerprint density at radius 3 is 2.34 bits per heavy atom. The highest BCUT2D eigenvalue weighted by atomic mass is 127. The lowest BCUT2D eigenvalue weighted by Gasteiger charge is -2.15. The Morgan fingerprint density at radius 2 is 1.75 bits per heavy atom. The van der Waals surface area contributed by atoms with E-state index in [1.165, 1.54) is 12.1 Å². The summed E-state index contributed by atoms with van der Waals surface area (Å²) in [7, 11) is -4.39. The predicted octanol–water partition coefficient (Wildman–Crippen LogP) is 5.72. The van der Waals surface area contributed by atoms with Gasteiger partial charge in [-0.1, -0.05) is 13.8 Å². The molecule has 0 aromatic heterocycles. The van der Waals surface area contributed by atoms with E-state index in [0.717, 1.165) is 10.7 Å². The van der Waals surface area contributed by atoms with Crippen molar-refractivity contribution in [3.8, 4) is 5.75 Å². The van der Waals surface area contributed by atoms with Gasteiger partial charge in [0.2, 0.25) is 0 Å². The molecule has 0 bridgehead atoms. The molecule has 2 aromatic rings. The molecule has 0 aliphatic heterocycles. The van der Waals surface area contributed by atoms with Crippen molar-refractivity contribution in [1.29, 1.82) is 0 Å². The summed E-state index contributed by atoms with van der Waals surface area (Å²) in [4.78, 5) is 24.4. The van der Waals surface area contributed by atoms with Crippen LogP contribution in [0.4, 0.5) is 0 Å². The van der Waals surface area contributed by atoms with Crippen LogP contribution in [0.3, 0.4) is 0 Å². The van der Waals surface area contributed by atoms with Gasteiger partial charge in [-0.25, -0.2) is 4.79 Å². The molecular formula is C21H21I3O7S. The number of hydrogen-bond donors (Lipinski definition) is 1. The Hall–Kier alpha value is -0.520. The molecule has 0 heterocycles. The van der Waals surface area contributed by atoms with Crippen LogP contribution in [0.1, 0.15) is 54.1 Å². The molecule has 32 heavy (non-hydrogen) atoms. The lowest BCUT2D eigenvalue weighted by molar-refractivity contribution is -0.134. The third-order valence-corrected chi connectivity index (χ3v) is 8.98. The van der Waals surface area contributed by atoms with Crippen molar-refractivity contribution in [1.82, 2.24) is 0 Å². The summed E-state index contributed by atoms with van der Waals surface area (Å²) >= 11 is 6.39. The Morgan fingerprint density at radius 1 is 1.09 bits per heavy atom. The number of aryl methyl sites for hydroxylation is 1. The van der Waals surface area contributed by atoms with Crippen LogP contribution in [0.5, 0.6) is 5.75 Å². The highest BCUT2D eigenvalue weighted by Crippen LogP contribution is 2.31. The number of rotatable bonds is 8. The zero-order valence-corrected chi connectivity index (χ0v) is 24.7. The number of ether oxygens (including phenoxy) is 2. The van der Waals surface area contributed by atoms with E-state index in [1.54, 1.807) is 26.8 Å². The van der Waals surface area contributed by atoms with Gasteiger partial charge in [0.05, 0.1) is 17.1 Å². The van der Waals surface area contributed by atoms with Gasteiger partial charge in [0.1, 0.15) is 5.75 Å². The zero-order valence-electron chi connectivity index (χ0n) is 17.4. The van der Waals surface area contributed by atoms with E-state index in [0.29, 0.717) is 16.7 Å². The van der Waals surface area contributed by atoms with Crippen molar-refractivity contribution >= 4 is 89.8 Å². The van der Waals surface area contributed by atoms with E-state index >= 15 is 0 Å². The molecule has 2 aromatic carbocycles. The van der Waals surface area contributed by atoms with Crippen LogP contribution in [-0.2, 0) is 19.6 Å². The summed E-state index contributed by atoms with van der Waals surface area (Å²) in [5.74, 6) is -0.961. The Labute approximate surface area is 228 Å². The molecule has 2 rings (SSSR count). The van der Waals surface area contributed by atoms with Gasteiger partial charge in [-0.3, -0.25) is 9.35 Å². The summed E-state index contributed by atoms with van der Waals surface area (Å²) in [6.07, 6.45) is 0.298. The molecule has 0 unspecified atom stereocenters. The molecule has 1 N–H and O–H groups in total.